The zero-order valence-corrected chi connectivity index (χ0v) is 11.5. The van der Waals surface area contributed by atoms with E-state index in [1.165, 1.54) is 11.0 Å². The van der Waals surface area contributed by atoms with E-state index in [-0.39, 0.29) is 0 Å². The summed E-state index contributed by atoms with van der Waals surface area (Å²) in [5, 5.41) is 7.20. The quantitative estimate of drug-likeness (QED) is 0.754. The minimum absolute atomic E-state index is 0.404. The molecule has 0 aromatic carbocycles. The van der Waals surface area contributed by atoms with E-state index in [2.05, 4.69) is 42.3 Å². The van der Waals surface area contributed by atoms with Gasteiger partial charge in [0.25, 0.3) is 5.95 Å². The Morgan fingerprint density at radius 2 is 2.14 bits per heavy atom. The summed E-state index contributed by atoms with van der Waals surface area (Å²) in [6.45, 7) is 2.86. The number of nitrogens with one attached hydrogen (secondary N) is 1. The van der Waals surface area contributed by atoms with Crippen molar-refractivity contribution < 1.29 is 0 Å². The zero-order chi connectivity index (χ0) is 14.5. The van der Waals surface area contributed by atoms with Crippen LogP contribution in [0.2, 0.25) is 0 Å². The molecule has 0 aliphatic rings. The van der Waals surface area contributed by atoms with Crippen LogP contribution in [0.4, 0.5) is 5.95 Å². The Hall–Kier alpha value is -2.90. The third kappa shape index (κ3) is 2.99. The van der Waals surface area contributed by atoms with Crippen LogP contribution >= 0.6 is 0 Å². The molecule has 0 unspecified atom stereocenters. The molecule has 106 valence electrons. The number of hydrogen-bond donors (Lipinski definition) is 1. The largest absolute Gasteiger partial charge is 0.354 e. The van der Waals surface area contributed by atoms with Crippen LogP contribution in [-0.2, 0) is 0 Å². The van der Waals surface area contributed by atoms with Gasteiger partial charge in [-0.25, -0.2) is 4.98 Å². The van der Waals surface area contributed by atoms with Crippen molar-refractivity contribution in [3.8, 4) is 17.5 Å². The number of nitrogens with zero attached hydrogens (tertiary/aromatic N) is 7. The topological polar surface area (TPSA) is 94.3 Å². The molecule has 0 saturated heterocycles. The summed E-state index contributed by atoms with van der Waals surface area (Å²) in [4.78, 5) is 21.3. The van der Waals surface area contributed by atoms with Crippen molar-refractivity contribution in [2.75, 3.05) is 11.9 Å². The normalized spacial score (nSPS) is 10.5. The molecule has 0 saturated carbocycles. The lowest BCUT2D eigenvalue weighted by atomic mass is 10.3. The minimum Gasteiger partial charge on any atom is -0.354 e. The van der Waals surface area contributed by atoms with Crippen LogP contribution < -0.4 is 5.32 Å². The summed E-state index contributed by atoms with van der Waals surface area (Å²) >= 11 is 0. The SMILES string of the molecule is CCCNc1nc(-c2ccccn2)nc(-n2cncn2)n1. The van der Waals surface area contributed by atoms with Gasteiger partial charge in [0, 0.05) is 12.7 Å². The van der Waals surface area contributed by atoms with Gasteiger partial charge in [0.1, 0.15) is 18.3 Å². The summed E-state index contributed by atoms with van der Waals surface area (Å²) < 4.78 is 1.49. The van der Waals surface area contributed by atoms with Gasteiger partial charge in [-0.3, -0.25) is 4.98 Å². The van der Waals surface area contributed by atoms with Crippen LogP contribution in [0.25, 0.3) is 17.5 Å². The number of aromatic nitrogens is 7. The van der Waals surface area contributed by atoms with E-state index in [9.17, 15) is 0 Å². The highest BCUT2D eigenvalue weighted by molar-refractivity contribution is 5.51. The van der Waals surface area contributed by atoms with E-state index in [1.54, 1.807) is 12.5 Å². The summed E-state index contributed by atoms with van der Waals surface area (Å²) in [6.07, 6.45) is 5.65. The molecule has 0 atom stereocenters. The van der Waals surface area contributed by atoms with Gasteiger partial charge in [0.05, 0.1) is 0 Å². The Balaban J connectivity index is 2.05. The Labute approximate surface area is 121 Å². The predicted molar refractivity (Wildman–Crippen MR) is 76.8 cm³/mol. The Kier molecular flexibility index (Phi) is 3.77. The fraction of sp³-hybridized carbons (Fsp3) is 0.231. The summed E-state index contributed by atoms with van der Waals surface area (Å²) in [5.74, 6) is 1.40. The first-order chi connectivity index (χ1) is 10.4. The standard InChI is InChI=1S/C13H14N8/c1-2-6-16-12-18-11(10-5-3-4-7-15-10)19-13(20-12)21-9-14-8-17-21/h3-5,7-9H,2,6H2,1H3,(H,16,18,19,20). The molecule has 0 fully saturated rings. The molecule has 0 spiro atoms. The van der Waals surface area contributed by atoms with Gasteiger partial charge >= 0.3 is 0 Å². The first-order valence-corrected chi connectivity index (χ1v) is 6.63. The number of hydrogen-bond acceptors (Lipinski definition) is 7. The molecule has 21 heavy (non-hydrogen) atoms. The van der Waals surface area contributed by atoms with E-state index in [0.717, 1.165) is 13.0 Å². The third-order valence-electron chi connectivity index (χ3n) is 2.67. The van der Waals surface area contributed by atoms with E-state index in [1.807, 2.05) is 18.2 Å². The first-order valence-electron chi connectivity index (χ1n) is 6.63. The molecule has 0 amide bonds. The Bertz CT molecular complexity index is 695. The molecular weight excluding hydrogens is 268 g/mol. The van der Waals surface area contributed by atoms with Crippen LogP contribution in [0, 0.1) is 0 Å². The maximum atomic E-state index is 4.39. The molecule has 3 aromatic heterocycles. The fourth-order valence-electron chi connectivity index (χ4n) is 1.70. The molecule has 3 rings (SSSR count). The molecular formula is C13H14N8. The van der Waals surface area contributed by atoms with Gasteiger partial charge in [-0.2, -0.15) is 24.7 Å². The second kappa shape index (κ2) is 6.04. The van der Waals surface area contributed by atoms with Crippen molar-refractivity contribution in [3.05, 3.63) is 37.1 Å². The van der Waals surface area contributed by atoms with Crippen molar-refractivity contribution in [1.29, 1.82) is 0 Å². The summed E-state index contributed by atoms with van der Waals surface area (Å²) in [7, 11) is 0. The van der Waals surface area contributed by atoms with E-state index in [4.69, 9.17) is 0 Å². The molecule has 3 aromatic rings. The Morgan fingerprint density at radius 3 is 2.86 bits per heavy atom. The maximum Gasteiger partial charge on any atom is 0.257 e. The third-order valence-corrected chi connectivity index (χ3v) is 2.67. The van der Waals surface area contributed by atoms with Gasteiger partial charge in [-0.15, -0.1) is 0 Å². The van der Waals surface area contributed by atoms with E-state index < -0.39 is 0 Å². The summed E-state index contributed by atoms with van der Waals surface area (Å²) in [6, 6.07) is 5.59. The second-order valence-corrected chi connectivity index (χ2v) is 4.26. The van der Waals surface area contributed by atoms with Crippen molar-refractivity contribution in [2.45, 2.75) is 13.3 Å². The van der Waals surface area contributed by atoms with Crippen LogP contribution in [-0.4, -0.2) is 41.2 Å². The van der Waals surface area contributed by atoms with Gasteiger partial charge < -0.3 is 5.32 Å². The second-order valence-electron chi connectivity index (χ2n) is 4.26. The molecule has 3 heterocycles. The highest BCUT2D eigenvalue weighted by atomic mass is 15.4. The van der Waals surface area contributed by atoms with Crippen molar-refractivity contribution in [3.63, 3.8) is 0 Å². The lowest BCUT2D eigenvalue weighted by Crippen LogP contribution is -2.11. The summed E-state index contributed by atoms with van der Waals surface area (Å²) in [5.41, 5.74) is 0.681. The smallest absolute Gasteiger partial charge is 0.257 e. The minimum atomic E-state index is 0.404. The average Bonchev–Trinajstić information content (AvgIpc) is 3.08. The maximum absolute atomic E-state index is 4.39. The van der Waals surface area contributed by atoms with Crippen LogP contribution in [0.15, 0.2) is 37.1 Å². The van der Waals surface area contributed by atoms with Crippen LogP contribution in [0.1, 0.15) is 13.3 Å². The number of pyridine rings is 1. The zero-order valence-electron chi connectivity index (χ0n) is 11.5. The molecule has 0 bridgehead atoms. The van der Waals surface area contributed by atoms with E-state index >= 15 is 0 Å². The van der Waals surface area contributed by atoms with Crippen LogP contribution in [0.3, 0.4) is 0 Å². The molecule has 1 N–H and O–H groups in total. The van der Waals surface area contributed by atoms with Gasteiger partial charge in [0.15, 0.2) is 5.82 Å². The number of anilines is 1. The number of rotatable bonds is 5. The lowest BCUT2D eigenvalue weighted by Gasteiger charge is -2.07. The Morgan fingerprint density at radius 1 is 1.19 bits per heavy atom. The van der Waals surface area contributed by atoms with E-state index in [0.29, 0.717) is 23.4 Å². The van der Waals surface area contributed by atoms with Crippen LogP contribution in [0.5, 0.6) is 0 Å². The molecule has 0 radical (unpaired) electrons. The van der Waals surface area contributed by atoms with Gasteiger partial charge in [0.2, 0.25) is 5.95 Å². The fourth-order valence-corrected chi connectivity index (χ4v) is 1.70. The molecule has 0 aliphatic heterocycles. The lowest BCUT2D eigenvalue weighted by molar-refractivity contribution is 0.793. The molecule has 8 heteroatoms. The van der Waals surface area contributed by atoms with Crippen molar-refractivity contribution in [1.82, 2.24) is 34.7 Å². The first kappa shape index (κ1) is 13.1. The van der Waals surface area contributed by atoms with Gasteiger partial charge in [-0.1, -0.05) is 13.0 Å². The van der Waals surface area contributed by atoms with Gasteiger partial charge in [-0.05, 0) is 18.6 Å². The monoisotopic (exact) mass is 282 g/mol. The molecule has 0 aliphatic carbocycles. The highest BCUT2D eigenvalue weighted by Crippen LogP contribution is 2.14. The highest BCUT2D eigenvalue weighted by Gasteiger charge is 2.10. The molecule has 8 nitrogen and oxygen atoms in total. The van der Waals surface area contributed by atoms with Crippen molar-refractivity contribution in [2.24, 2.45) is 0 Å². The average molecular weight is 282 g/mol. The predicted octanol–water partition coefficient (Wildman–Crippen LogP) is 1.34. The van der Waals surface area contributed by atoms with Crippen molar-refractivity contribution >= 4 is 5.95 Å².